The van der Waals surface area contributed by atoms with Gasteiger partial charge in [-0.15, -0.1) is 0 Å². The number of nitrogens with zero attached hydrogens (tertiary/aromatic N) is 1. The molecule has 0 fully saturated rings. The number of hydrogen-bond donors (Lipinski definition) is 0. The summed E-state index contributed by atoms with van der Waals surface area (Å²) in [6.45, 7) is 11.1. The average molecular weight is 898 g/mol. The lowest BCUT2D eigenvalue weighted by Gasteiger charge is -2.30. The Labute approximate surface area is 412 Å². The molecule has 344 valence electrons. The van der Waals surface area contributed by atoms with Crippen LogP contribution >= 0.6 is 0 Å². The van der Waals surface area contributed by atoms with E-state index in [-0.39, 0.29) is 12.0 Å². The van der Waals surface area contributed by atoms with Gasteiger partial charge in [0.15, 0.2) is 0 Å². The lowest BCUT2D eigenvalue weighted by Crippen LogP contribution is -2.22. The normalized spacial score (nSPS) is 22.8. The van der Waals surface area contributed by atoms with Crippen molar-refractivity contribution in [3.63, 3.8) is 0 Å². The first kappa shape index (κ1) is 44.9. The van der Waals surface area contributed by atoms with E-state index in [1.54, 1.807) is 44.6 Å². The van der Waals surface area contributed by atoms with Gasteiger partial charge in [0.25, 0.3) is 0 Å². The summed E-state index contributed by atoms with van der Waals surface area (Å²) < 4.78 is 0. The van der Waals surface area contributed by atoms with Crippen molar-refractivity contribution in [2.75, 3.05) is 0 Å². The van der Waals surface area contributed by atoms with E-state index in [0.29, 0.717) is 5.92 Å². The van der Waals surface area contributed by atoms with Crippen molar-refractivity contribution >= 4 is 16.9 Å². The summed E-state index contributed by atoms with van der Waals surface area (Å²) >= 11 is 0. The molecule has 0 bridgehead atoms. The van der Waals surface area contributed by atoms with Gasteiger partial charge in [0.2, 0.25) is 0 Å². The van der Waals surface area contributed by atoms with Crippen LogP contribution in [-0.2, 0) is 0 Å². The third kappa shape index (κ3) is 8.87. The van der Waals surface area contributed by atoms with Gasteiger partial charge in [0.05, 0.1) is 6.04 Å². The van der Waals surface area contributed by atoms with Gasteiger partial charge in [0.1, 0.15) is 0 Å². The summed E-state index contributed by atoms with van der Waals surface area (Å²) in [5.41, 5.74) is 31.2. The molecule has 69 heavy (non-hydrogen) atoms. The Bertz CT molecular complexity index is 3120. The van der Waals surface area contributed by atoms with Gasteiger partial charge in [-0.05, 0) is 205 Å². The Kier molecular flexibility index (Phi) is 12.7. The summed E-state index contributed by atoms with van der Waals surface area (Å²) in [5.74, 6) is 0.585. The second kappa shape index (κ2) is 19.4. The zero-order valence-corrected chi connectivity index (χ0v) is 41.5. The van der Waals surface area contributed by atoms with Gasteiger partial charge >= 0.3 is 0 Å². The third-order valence-corrected chi connectivity index (χ3v) is 16.6. The van der Waals surface area contributed by atoms with E-state index >= 15 is 0 Å². The molecule has 0 heterocycles. The van der Waals surface area contributed by atoms with Crippen molar-refractivity contribution in [1.29, 1.82) is 0 Å². The minimum atomic E-state index is -0.0255. The van der Waals surface area contributed by atoms with Crippen molar-refractivity contribution in [1.82, 2.24) is 0 Å². The van der Waals surface area contributed by atoms with Gasteiger partial charge in [-0.25, -0.2) is 0 Å². The maximum Gasteiger partial charge on any atom is 0.0821 e. The molecular weight excluding hydrogens is 831 g/mol. The summed E-state index contributed by atoms with van der Waals surface area (Å²) in [6.07, 6.45) is 38.9. The van der Waals surface area contributed by atoms with Crippen LogP contribution in [0.3, 0.4) is 0 Å². The molecule has 0 N–H and O–H groups in total. The second-order valence-corrected chi connectivity index (χ2v) is 20.7. The Morgan fingerprint density at radius 1 is 0.536 bits per heavy atom. The average Bonchev–Trinajstić information content (AvgIpc) is 3.97. The Morgan fingerprint density at radius 3 is 1.94 bits per heavy atom. The highest BCUT2D eigenvalue weighted by molar-refractivity contribution is 5.99. The molecule has 8 aliphatic carbocycles. The molecule has 0 spiro atoms. The fraction of sp³-hybridized carbons (Fsp3) is 0.279. The zero-order chi connectivity index (χ0) is 47.0. The molecule has 0 aromatic heterocycles. The largest absolute Gasteiger partial charge is 0.281 e. The number of fused-ring (bicyclic) bond motifs is 2. The topological polar surface area (TPSA) is 12.4 Å². The Hall–Kier alpha value is -6.57. The zero-order valence-electron chi connectivity index (χ0n) is 41.5. The van der Waals surface area contributed by atoms with Crippen LogP contribution in [0.5, 0.6) is 0 Å². The molecule has 4 aromatic carbocycles. The predicted octanol–water partition coefficient (Wildman–Crippen LogP) is 18.3. The summed E-state index contributed by atoms with van der Waals surface area (Å²) in [6, 6.07) is 36.7. The van der Waals surface area contributed by atoms with Gasteiger partial charge in [-0.1, -0.05) is 181 Å². The van der Waals surface area contributed by atoms with Gasteiger partial charge < -0.3 is 0 Å². The quantitative estimate of drug-likeness (QED) is 0.164. The van der Waals surface area contributed by atoms with E-state index in [0.717, 1.165) is 37.8 Å². The standard InChI is InChI=1S/C60H55N.C8H12/c1-38-12-4-7-15-49(38)42-24-22-41(23-25-42)40(3)61-60-39(2)50(43-26-28-44(29-27-43)51-18-10-20-56-53-16-8-5-13-47(53)36-58(51)56)34-35-55(60)46-32-30-45(31-33-46)52-19-11-21-57-54-17-9-6-14-48(54)37-59(52)57;1-7-5-3-4-6-8(7)2/h4-7,10,12-15,19-20,22-35,51,55,60H,8-9,11,16-18,21,36-37H2,1-3H3;3,5H,4,6H2,1-2H3. The highest BCUT2D eigenvalue weighted by atomic mass is 14.8. The fourth-order valence-corrected chi connectivity index (χ4v) is 12.5. The van der Waals surface area contributed by atoms with Crippen LogP contribution in [0.15, 0.2) is 230 Å². The van der Waals surface area contributed by atoms with Crippen molar-refractivity contribution in [3.8, 4) is 11.1 Å². The van der Waals surface area contributed by atoms with Gasteiger partial charge in [-0.3, -0.25) is 4.99 Å². The summed E-state index contributed by atoms with van der Waals surface area (Å²) in [4.78, 5) is 5.65. The van der Waals surface area contributed by atoms with E-state index in [1.165, 1.54) is 111 Å². The summed E-state index contributed by atoms with van der Waals surface area (Å²) in [5, 5.41) is 0. The molecule has 0 amide bonds. The smallest absolute Gasteiger partial charge is 0.0821 e. The fourth-order valence-electron chi connectivity index (χ4n) is 12.5. The van der Waals surface area contributed by atoms with E-state index in [9.17, 15) is 0 Å². The van der Waals surface area contributed by atoms with Crippen LogP contribution in [-0.4, -0.2) is 11.8 Å². The number of rotatable bonds is 7. The maximum absolute atomic E-state index is 5.65. The first-order chi connectivity index (χ1) is 33.8. The maximum atomic E-state index is 5.65. The molecule has 1 heteroatoms. The number of aryl methyl sites for hydroxylation is 1. The SMILES string of the molecule is CC(=NC1C(C)=C(c2ccc(C3CC=CC4=C3CC3=C4CCC=C3)cc2)C=CC1c1ccc(C2=CCCC3=C2CC2=C3CCC=C2)cc1)c1ccc(-c2ccccc2C)cc1.CC1=C(C)CCC=C1. The van der Waals surface area contributed by atoms with Crippen LogP contribution in [0.25, 0.3) is 22.3 Å². The van der Waals surface area contributed by atoms with E-state index in [1.807, 2.05) is 0 Å². The van der Waals surface area contributed by atoms with Crippen molar-refractivity contribution in [2.45, 2.75) is 123 Å². The minimum absolute atomic E-state index is 0.0255. The number of hydrogen-bond acceptors (Lipinski definition) is 1. The van der Waals surface area contributed by atoms with Crippen LogP contribution in [0.2, 0.25) is 0 Å². The Morgan fingerprint density at radius 2 is 1.20 bits per heavy atom. The van der Waals surface area contributed by atoms with E-state index in [4.69, 9.17) is 4.99 Å². The van der Waals surface area contributed by atoms with Crippen molar-refractivity contribution in [3.05, 3.63) is 259 Å². The lowest BCUT2D eigenvalue weighted by atomic mass is 9.78. The molecule has 3 unspecified atom stereocenters. The van der Waals surface area contributed by atoms with Crippen LogP contribution in [0, 0.1) is 6.92 Å². The number of allylic oxidation sites excluding steroid dienone is 22. The van der Waals surface area contributed by atoms with Crippen LogP contribution in [0.4, 0.5) is 0 Å². The molecule has 8 aliphatic rings. The van der Waals surface area contributed by atoms with Crippen molar-refractivity contribution < 1.29 is 0 Å². The second-order valence-electron chi connectivity index (χ2n) is 20.7. The minimum Gasteiger partial charge on any atom is -0.281 e. The molecule has 4 aromatic rings. The number of aliphatic imine (C=N–C) groups is 1. The van der Waals surface area contributed by atoms with E-state index < -0.39 is 0 Å². The molecule has 1 nitrogen and oxygen atoms in total. The third-order valence-electron chi connectivity index (χ3n) is 16.6. The first-order valence-corrected chi connectivity index (χ1v) is 26.0. The predicted molar refractivity (Wildman–Crippen MR) is 295 cm³/mol. The highest BCUT2D eigenvalue weighted by Gasteiger charge is 2.33. The molecular formula is C68H67N. The van der Waals surface area contributed by atoms with Crippen molar-refractivity contribution in [2.24, 2.45) is 4.99 Å². The molecule has 0 aliphatic heterocycles. The Balaban J connectivity index is 0.000000593. The first-order valence-electron chi connectivity index (χ1n) is 26.0. The highest BCUT2D eigenvalue weighted by Crippen LogP contribution is 2.50. The van der Waals surface area contributed by atoms with E-state index in [2.05, 4.69) is 199 Å². The molecule has 0 radical (unpaired) electrons. The monoisotopic (exact) mass is 898 g/mol. The molecule has 0 saturated carbocycles. The summed E-state index contributed by atoms with van der Waals surface area (Å²) in [7, 11) is 0. The van der Waals surface area contributed by atoms with Crippen LogP contribution in [0.1, 0.15) is 144 Å². The molecule has 3 atom stereocenters. The van der Waals surface area contributed by atoms with Crippen LogP contribution < -0.4 is 0 Å². The van der Waals surface area contributed by atoms with Gasteiger partial charge in [0, 0.05) is 17.5 Å². The molecule has 0 saturated heterocycles. The number of benzene rings is 4. The lowest BCUT2D eigenvalue weighted by molar-refractivity contribution is 0.682. The van der Waals surface area contributed by atoms with Gasteiger partial charge in [-0.2, -0.15) is 0 Å². The molecule has 12 rings (SSSR count).